The van der Waals surface area contributed by atoms with Gasteiger partial charge >= 0.3 is 0 Å². The lowest BCUT2D eigenvalue weighted by atomic mass is 9.87. The first-order valence-electron chi connectivity index (χ1n) is 8.50. The highest BCUT2D eigenvalue weighted by Crippen LogP contribution is 2.39. The van der Waals surface area contributed by atoms with Crippen molar-refractivity contribution in [3.63, 3.8) is 0 Å². The van der Waals surface area contributed by atoms with Gasteiger partial charge in [0.25, 0.3) is 0 Å². The van der Waals surface area contributed by atoms with Crippen LogP contribution < -0.4 is 9.64 Å². The molecule has 0 amide bonds. The van der Waals surface area contributed by atoms with Crippen LogP contribution in [0.3, 0.4) is 0 Å². The first kappa shape index (κ1) is 16.2. The quantitative estimate of drug-likeness (QED) is 0.573. The number of ether oxygens (including phenoxy) is 1. The molecule has 1 unspecified atom stereocenters. The number of fused-ring (bicyclic) bond motifs is 1. The lowest BCUT2D eigenvalue weighted by molar-refractivity contribution is 0.413. The second-order valence-corrected chi connectivity index (χ2v) is 7.22. The minimum Gasteiger partial charge on any atom is -0.497 e. The van der Waals surface area contributed by atoms with Crippen LogP contribution in [0.5, 0.6) is 5.75 Å². The van der Waals surface area contributed by atoms with Gasteiger partial charge in [-0.15, -0.1) is 0 Å². The Bertz CT molecular complexity index is 878. The molecule has 0 spiro atoms. The molecule has 0 fully saturated rings. The van der Waals surface area contributed by atoms with E-state index in [4.69, 9.17) is 4.74 Å². The Kier molecular flexibility index (Phi) is 4.50. The van der Waals surface area contributed by atoms with E-state index in [0.29, 0.717) is 0 Å². The van der Waals surface area contributed by atoms with Crippen LogP contribution in [0.2, 0.25) is 0 Å². The summed E-state index contributed by atoms with van der Waals surface area (Å²) in [6, 6.07) is 26.0. The van der Waals surface area contributed by atoms with Crippen molar-refractivity contribution in [3.05, 3.63) is 94.0 Å². The van der Waals surface area contributed by atoms with E-state index in [1.807, 2.05) is 0 Å². The van der Waals surface area contributed by atoms with Gasteiger partial charge in [-0.05, 0) is 59.5 Å². The van der Waals surface area contributed by atoms with Gasteiger partial charge in [0.15, 0.2) is 0 Å². The van der Waals surface area contributed by atoms with Crippen LogP contribution >= 0.6 is 15.9 Å². The van der Waals surface area contributed by atoms with Crippen molar-refractivity contribution in [3.8, 4) is 5.75 Å². The largest absolute Gasteiger partial charge is 0.497 e. The average molecular weight is 394 g/mol. The summed E-state index contributed by atoms with van der Waals surface area (Å²) in [5.74, 6) is 0.930. The molecule has 3 aromatic carbocycles. The Morgan fingerprint density at radius 3 is 2.56 bits per heavy atom. The number of hydrogen-bond acceptors (Lipinski definition) is 2. The van der Waals surface area contributed by atoms with E-state index in [-0.39, 0.29) is 6.04 Å². The third-order valence-corrected chi connectivity index (χ3v) is 5.32. The van der Waals surface area contributed by atoms with Gasteiger partial charge in [-0.3, -0.25) is 0 Å². The number of halogens is 1. The van der Waals surface area contributed by atoms with Crippen molar-refractivity contribution in [1.82, 2.24) is 0 Å². The lowest BCUT2D eigenvalue weighted by Crippen LogP contribution is -2.36. The van der Waals surface area contributed by atoms with Crippen LogP contribution in [-0.4, -0.2) is 13.7 Å². The summed E-state index contributed by atoms with van der Waals surface area (Å²) in [5.41, 5.74) is 5.28. The van der Waals surface area contributed by atoms with Crippen LogP contribution in [0.1, 0.15) is 22.7 Å². The molecule has 2 nitrogen and oxygen atoms in total. The first-order valence-corrected chi connectivity index (χ1v) is 9.29. The van der Waals surface area contributed by atoms with Crippen LogP contribution in [0.25, 0.3) is 0 Å². The Hall–Kier alpha value is -2.26. The number of hydrogen-bond donors (Lipinski definition) is 0. The second-order valence-electron chi connectivity index (χ2n) is 6.30. The second kappa shape index (κ2) is 6.93. The number of methoxy groups -OCH3 is 1. The highest BCUT2D eigenvalue weighted by molar-refractivity contribution is 9.10. The number of rotatable bonds is 3. The predicted molar refractivity (Wildman–Crippen MR) is 106 cm³/mol. The van der Waals surface area contributed by atoms with Crippen molar-refractivity contribution in [2.24, 2.45) is 0 Å². The monoisotopic (exact) mass is 393 g/mol. The molecular weight excluding hydrogens is 374 g/mol. The van der Waals surface area contributed by atoms with E-state index in [1.54, 1.807) is 7.11 Å². The summed E-state index contributed by atoms with van der Waals surface area (Å²) in [6.45, 7) is 0.987. The molecule has 4 rings (SSSR count). The number of nitrogens with zero attached hydrogens (tertiary/aromatic N) is 1. The van der Waals surface area contributed by atoms with Crippen LogP contribution in [0.4, 0.5) is 5.69 Å². The molecule has 1 aliphatic rings. The molecule has 25 heavy (non-hydrogen) atoms. The molecule has 1 heterocycles. The SMILES string of the molecule is COc1ccc2c(c1)CCN(c1ccccc1)C2c1cccc(Br)c1. The first-order chi connectivity index (χ1) is 12.3. The molecule has 0 bridgehead atoms. The molecule has 0 radical (unpaired) electrons. The fourth-order valence-corrected chi connectivity index (χ4v) is 4.08. The number of benzene rings is 3. The summed E-state index contributed by atoms with van der Waals surface area (Å²) in [7, 11) is 1.73. The highest BCUT2D eigenvalue weighted by atomic mass is 79.9. The van der Waals surface area contributed by atoms with E-state index in [0.717, 1.165) is 23.2 Å². The molecule has 0 aliphatic carbocycles. The van der Waals surface area contributed by atoms with E-state index in [9.17, 15) is 0 Å². The normalized spacial score (nSPS) is 16.4. The van der Waals surface area contributed by atoms with Gasteiger partial charge in [0.05, 0.1) is 13.2 Å². The van der Waals surface area contributed by atoms with Gasteiger partial charge in [0.1, 0.15) is 5.75 Å². The molecular formula is C22H20BrNO. The zero-order valence-electron chi connectivity index (χ0n) is 14.2. The molecule has 3 heteroatoms. The van der Waals surface area contributed by atoms with Crippen molar-refractivity contribution >= 4 is 21.6 Å². The molecule has 126 valence electrons. The summed E-state index contributed by atoms with van der Waals surface area (Å²) in [4.78, 5) is 2.50. The molecule has 0 N–H and O–H groups in total. The number of para-hydroxylation sites is 1. The third kappa shape index (κ3) is 3.16. The molecule has 1 aliphatic heterocycles. The summed E-state index contributed by atoms with van der Waals surface area (Å²) >= 11 is 3.63. The Balaban J connectivity index is 1.86. The van der Waals surface area contributed by atoms with Crippen LogP contribution in [0.15, 0.2) is 77.3 Å². The van der Waals surface area contributed by atoms with Crippen molar-refractivity contribution in [2.75, 3.05) is 18.6 Å². The summed E-state index contributed by atoms with van der Waals surface area (Å²) < 4.78 is 6.54. The summed E-state index contributed by atoms with van der Waals surface area (Å²) in [6.07, 6.45) is 1.02. The molecule has 0 aromatic heterocycles. The maximum Gasteiger partial charge on any atom is 0.119 e. The Labute approximate surface area is 157 Å². The molecule has 3 aromatic rings. The van der Waals surface area contributed by atoms with Gasteiger partial charge in [-0.25, -0.2) is 0 Å². The van der Waals surface area contributed by atoms with E-state index in [2.05, 4.69) is 93.6 Å². The predicted octanol–water partition coefficient (Wildman–Crippen LogP) is 5.61. The molecule has 1 atom stereocenters. The Morgan fingerprint density at radius 2 is 1.80 bits per heavy atom. The highest BCUT2D eigenvalue weighted by Gasteiger charge is 2.29. The van der Waals surface area contributed by atoms with Crippen molar-refractivity contribution in [2.45, 2.75) is 12.5 Å². The van der Waals surface area contributed by atoms with Gasteiger partial charge in [0, 0.05) is 16.7 Å². The van der Waals surface area contributed by atoms with Crippen LogP contribution in [-0.2, 0) is 6.42 Å². The van der Waals surface area contributed by atoms with E-state index < -0.39 is 0 Å². The fraction of sp³-hybridized carbons (Fsp3) is 0.182. The van der Waals surface area contributed by atoms with Gasteiger partial charge in [-0.1, -0.05) is 52.3 Å². The van der Waals surface area contributed by atoms with E-state index >= 15 is 0 Å². The standard InChI is InChI=1S/C22H20BrNO/c1-25-20-10-11-21-16(15-20)12-13-24(19-8-3-2-4-9-19)22(21)17-6-5-7-18(23)14-17/h2-11,14-15,22H,12-13H2,1H3. The van der Waals surface area contributed by atoms with E-state index in [1.165, 1.54) is 22.4 Å². The number of anilines is 1. The van der Waals surface area contributed by atoms with Gasteiger partial charge in [-0.2, -0.15) is 0 Å². The fourth-order valence-electron chi connectivity index (χ4n) is 3.66. The zero-order chi connectivity index (χ0) is 17.2. The van der Waals surface area contributed by atoms with Gasteiger partial charge < -0.3 is 9.64 Å². The topological polar surface area (TPSA) is 12.5 Å². The maximum absolute atomic E-state index is 5.43. The van der Waals surface area contributed by atoms with Crippen molar-refractivity contribution in [1.29, 1.82) is 0 Å². The summed E-state index contributed by atoms with van der Waals surface area (Å²) in [5, 5.41) is 0. The third-order valence-electron chi connectivity index (χ3n) is 4.83. The minimum absolute atomic E-state index is 0.203. The van der Waals surface area contributed by atoms with Gasteiger partial charge in [0.2, 0.25) is 0 Å². The van der Waals surface area contributed by atoms with Crippen LogP contribution in [0, 0.1) is 0 Å². The molecule has 0 saturated carbocycles. The minimum atomic E-state index is 0.203. The van der Waals surface area contributed by atoms with Crippen molar-refractivity contribution < 1.29 is 4.74 Å². The average Bonchev–Trinajstić information content (AvgIpc) is 2.67. The zero-order valence-corrected chi connectivity index (χ0v) is 15.7. The molecule has 0 saturated heterocycles. The lowest BCUT2D eigenvalue weighted by Gasteiger charge is -2.39. The maximum atomic E-state index is 5.43. The Morgan fingerprint density at radius 1 is 0.960 bits per heavy atom. The smallest absolute Gasteiger partial charge is 0.119 e.